The maximum Gasteiger partial charge on any atom is 2.00 e. The zero-order valence-electron chi connectivity index (χ0n) is 21.4. The fraction of sp³-hybridized carbons (Fsp3) is 0.100. The van der Waals surface area contributed by atoms with Crippen molar-refractivity contribution < 1.29 is 51.6 Å². The van der Waals surface area contributed by atoms with E-state index in [0.29, 0.717) is 0 Å². The molecule has 0 aromatic carbocycles. The zero-order valence-corrected chi connectivity index (χ0v) is 22.5. The Morgan fingerprint density at radius 3 is 0.930 bits per heavy atom. The molecule has 6 aromatic heterocycles. The average Bonchev–Trinajstić information content (AvgIpc) is 3.72. The Hall–Kier alpha value is -4.65. The van der Waals surface area contributed by atoms with Crippen LogP contribution in [0, 0.1) is 0 Å². The molecule has 0 fully saturated rings. The summed E-state index contributed by atoms with van der Waals surface area (Å²) in [7, 11) is -12.0. The molecule has 12 nitrogen and oxygen atoms in total. The molecule has 0 aliphatic heterocycles. The molecule has 0 saturated heterocycles. The summed E-state index contributed by atoms with van der Waals surface area (Å²) in [6.07, 6.45) is 17.8. The minimum absolute atomic E-state index is 0. The molecule has 0 amide bonds. The summed E-state index contributed by atoms with van der Waals surface area (Å²) in [6, 6.07) is 11.3. The van der Waals surface area contributed by atoms with E-state index in [1.165, 1.54) is 0 Å². The first kappa shape index (κ1) is 34.6. The Kier molecular flexibility index (Phi) is 12.9. The van der Waals surface area contributed by atoms with E-state index in [9.17, 15) is 34.5 Å². The van der Waals surface area contributed by atoms with Crippen molar-refractivity contribution in [3.05, 3.63) is 110 Å². The van der Waals surface area contributed by atoms with Gasteiger partial charge in [0.25, 0.3) is 0 Å². The van der Waals surface area contributed by atoms with Crippen LogP contribution >= 0.6 is 0 Å². The van der Waals surface area contributed by atoms with Crippen molar-refractivity contribution in [2.45, 2.75) is 12.3 Å². The van der Waals surface area contributed by atoms with E-state index in [0.717, 1.165) is 11.4 Å². The average molecular weight is 658 g/mol. The van der Waals surface area contributed by atoms with Gasteiger partial charge in [-0.05, 0) is 36.4 Å². The Morgan fingerprint density at radius 1 is 0.512 bits per heavy atom. The number of hydrogen-bond donors (Lipinski definition) is 2. The van der Waals surface area contributed by atoms with Crippen molar-refractivity contribution in [1.82, 2.24) is 59.5 Å². The van der Waals surface area contributed by atoms with Crippen LogP contribution < -0.4 is 0 Å². The molecule has 0 spiro atoms. The molecule has 0 unspecified atom stereocenters. The minimum Gasteiger partial charge on any atom is -0.418 e. The van der Waals surface area contributed by atoms with E-state index in [-0.39, 0.29) is 29.4 Å². The van der Waals surface area contributed by atoms with E-state index < -0.39 is 14.5 Å². The second-order valence-corrected chi connectivity index (χ2v) is 7.68. The van der Waals surface area contributed by atoms with E-state index in [2.05, 4.69) is 40.8 Å². The Bertz CT molecular complexity index is 1180. The summed E-state index contributed by atoms with van der Waals surface area (Å²) >= 11 is 0. The van der Waals surface area contributed by atoms with Gasteiger partial charge in [0.2, 0.25) is 0 Å². The van der Waals surface area contributed by atoms with Gasteiger partial charge in [-0.1, -0.05) is 0 Å². The van der Waals surface area contributed by atoms with Crippen LogP contribution in [0.2, 0.25) is 0 Å². The quantitative estimate of drug-likeness (QED) is 0.202. The molecule has 0 radical (unpaired) electrons. The van der Waals surface area contributed by atoms with E-state index in [1.54, 1.807) is 37.2 Å². The van der Waals surface area contributed by atoms with Crippen molar-refractivity contribution >= 4 is 14.5 Å². The summed E-state index contributed by atoms with van der Waals surface area (Å²) in [5.74, 6) is 0. The molecule has 0 saturated carbocycles. The Morgan fingerprint density at radius 2 is 0.767 bits per heavy atom. The second-order valence-electron chi connectivity index (χ2n) is 7.68. The van der Waals surface area contributed by atoms with Crippen LogP contribution in [-0.2, 0) is 17.1 Å². The summed E-state index contributed by atoms with van der Waals surface area (Å²) in [5, 5.41) is 30.9. The molecule has 2 N–H and O–H groups in total. The Labute approximate surface area is 247 Å². The van der Waals surface area contributed by atoms with Gasteiger partial charge < -0.3 is 34.5 Å². The van der Waals surface area contributed by atoms with Gasteiger partial charge in [-0.25, -0.2) is 18.7 Å². The van der Waals surface area contributed by atoms with Crippen LogP contribution in [0.4, 0.5) is 34.5 Å². The van der Waals surface area contributed by atoms with Gasteiger partial charge in [-0.15, -0.1) is 0 Å². The number of halogens is 8. The van der Waals surface area contributed by atoms with Gasteiger partial charge in [0.15, 0.2) is 12.3 Å². The maximum atomic E-state index is 9.75. The number of nitrogens with one attached hydrogen (secondary N) is 2. The molecule has 6 aromatic rings. The molecule has 43 heavy (non-hydrogen) atoms. The standard InChI is InChI=1S/2C10H10N6.2BF4.Fe/c2*1-4-12-15(7-1)10(9-3-6-11-14-9)16-8-2-5-13-16;2*2-1(3,4)5;/h2*1-8,10H,(H,11,14);;;/q;;2*-1;+2. The molecule has 0 aliphatic rings. The van der Waals surface area contributed by atoms with Crippen LogP contribution in [0.15, 0.2) is 98.4 Å². The van der Waals surface area contributed by atoms with Crippen LogP contribution in [0.3, 0.4) is 0 Å². The van der Waals surface area contributed by atoms with Gasteiger partial charge in [0, 0.05) is 62.0 Å². The minimum atomic E-state index is -6.00. The molecular weight excluding hydrogens is 638 g/mol. The molecule has 0 aliphatic carbocycles. The number of H-pyrrole nitrogens is 2. The molecular formula is C20H20B2F8FeN12. The molecule has 6 rings (SSSR count). The van der Waals surface area contributed by atoms with E-state index in [4.69, 9.17) is 0 Å². The zero-order chi connectivity index (χ0) is 30.6. The monoisotopic (exact) mass is 658 g/mol. The summed E-state index contributed by atoms with van der Waals surface area (Å²) in [4.78, 5) is 0. The maximum absolute atomic E-state index is 9.75. The molecule has 230 valence electrons. The van der Waals surface area contributed by atoms with Gasteiger partial charge in [-0.3, -0.25) is 10.2 Å². The summed E-state index contributed by atoms with van der Waals surface area (Å²) in [5.41, 5.74) is 1.74. The van der Waals surface area contributed by atoms with Crippen LogP contribution in [0.1, 0.15) is 23.7 Å². The molecule has 0 atom stereocenters. The third-order valence-electron chi connectivity index (χ3n) is 4.68. The van der Waals surface area contributed by atoms with Crippen molar-refractivity contribution in [3.8, 4) is 0 Å². The first-order chi connectivity index (χ1) is 19.9. The van der Waals surface area contributed by atoms with Crippen LogP contribution in [0.5, 0.6) is 0 Å². The largest absolute Gasteiger partial charge is 2.00 e. The fourth-order valence-electron chi connectivity index (χ4n) is 3.32. The smallest absolute Gasteiger partial charge is 0.418 e. The molecule has 6 heterocycles. The fourth-order valence-corrected chi connectivity index (χ4v) is 3.32. The second kappa shape index (κ2) is 16.1. The van der Waals surface area contributed by atoms with Gasteiger partial charge >= 0.3 is 31.6 Å². The van der Waals surface area contributed by atoms with Crippen molar-refractivity contribution in [1.29, 1.82) is 0 Å². The van der Waals surface area contributed by atoms with Gasteiger partial charge in [0.05, 0.1) is 0 Å². The predicted molar refractivity (Wildman–Crippen MR) is 134 cm³/mol. The first-order valence-electron chi connectivity index (χ1n) is 11.6. The van der Waals surface area contributed by atoms with Crippen LogP contribution in [-0.4, -0.2) is 74.0 Å². The molecule has 23 heteroatoms. The number of aromatic nitrogens is 12. The van der Waals surface area contributed by atoms with Crippen molar-refractivity contribution in [2.24, 2.45) is 0 Å². The topological polar surface area (TPSA) is 129 Å². The first-order valence-corrected chi connectivity index (χ1v) is 11.6. The molecule has 0 bridgehead atoms. The third kappa shape index (κ3) is 12.4. The number of hydrogen-bond acceptors (Lipinski definition) is 6. The normalized spacial score (nSPS) is 11.0. The SMILES string of the molecule is F[B-](F)(F)F.F[B-](F)(F)F.[Fe+2].c1cnn(C(c2cc[nH]n2)n2cccn2)c1.c1cnn(C(c2cc[nH]n2)n2cccn2)c1. The van der Waals surface area contributed by atoms with Crippen molar-refractivity contribution in [3.63, 3.8) is 0 Å². The van der Waals surface area contributed by atoms with E-state index >= 15 is 0 Å². The summed E-state index contributed by atoms with van der Waals surface area (Å²) in [6.45, 7) is 0. The van der Waals surface area contributed by atoms with E-state index in [1.807, 2.05) is 79.9 Å². The number of rotatable bonds is 6. The number of aromatic amines is 2. The van der Waals surface area contributed by atoms with Gasteiger partial charge in [0.1, 0.15) is 11.4 Å². The summed E-state index contributed by atoms with van der Waals surface area (Å²) < 4.78 is 85.2. The third-order valence-corrected chi connectivity index (χ3v) is 4.68. The van der Waals surface area contributed by atoms with Gasteiger partial charge in [-0.2, -0.15) is 30.6 Å². The number of nitrogens with zero attached hydrogens (tertiary/aromatic N) is 10. The van der Waals surface area contributed by atoms with Crippen molar-refractivity contribution in [2.75, 3.05) is 0 Å². The Balaban J connectivity index is 0.000000226. The predicted octanol–water partition coefficient (Wildman–Crippen LogP) is 4.39. The van der Waals surface area contributed by atoms with Crippen LogP contribution in [0.25, 0.3) is 0 Å².